The zero-order valence-electron chi connectivity index (χ0n) is 13.3. The van der Waals surface area contributed by atoms with Crippen LogP contribution < -0.4 is 0 Å². The molecule has 120 valence electrons. The summed E-state index contributed by atoms with van der Waals surface area (Å²) in [5.74, 6) is 0.701. The first-order chi connectivity index (χ1) is 10.5. The van der Waals surface area contributed by atoms with Crippen molar-refractivity contribution in [3.63, 3.8) is 0 Å². The molecule has 0 spiro atoms. The molecule has 5 heteroatoms. The van der Waals surface area contributed by atoms with Crippen LogP contribution in [0.25, 0.3) is 0 Å². The zero-order chi connectivity index (χ0) is 16.1. The second-order valence-electron chi connectivity index (χ2n) is 5.76. The zero-order valence-corrected chi connectivity index (χ0v) is 14.0. The molecule has 1 aromatic carbocycles. The summed E-state index contributed by atoms with van der Waals surface area (Å²) in [6.07, 6.45) is 1.21. The van der Waals surface area contributed by atoms with Gasteiger partial charge in [0.25, 0.3) is 5.91 Å². The van der Waals surface area contributed by atoms with Gasteiger partial charge in [-0.15, -0.1) is 11.6 Å². The smallest absolute Gasteiger partial charge is 0.253 e. The van der Waals surface area contributed by atoms with Crippen molar-refractivity contribution in [1.29, 1.82) is 0 Å². The standard InChI is InChI=1S/C17H23ClN2O2/c1-13-5-6-15(12-14(13)2)17(22)20-10-8-19(9-11-20)16(21)4-3-7-18/h5-6,12H,3-4,7-11H2,1-2H3. The molecule has 1 fully saturated rings. The largest absolute Gasteiger partial charge is 0.339 e. The van der Waals surface area contributed by atoms with Crippen molar-refractivity contribution in [2.24, 2.45) is 0 Å². The molecule has 1 aromatic rings. The van der Waals surface area contributed by atoms with Crippen molar-refractivity contribution in [2.75, 3.05) is 32.1 Å². The highest BCUT2D eigenvalue weighted by atomic mass is 35.5. The van der Waals surface area contributed by atoms with Gasteiger partial charge in [-0.25, -0.2) is 0 Å². The molecule has 1 heterocycles. The van der Waals surface area contributed by atoms with Crippen LogP contribution in [0.2, 0.25) is 0 Å². The molecule has 0 N–H and O–H groups in total. The van der Waals surface area contributed by atoms with Crippen LogP contribution in [0.15, 0.2) is 18.2 Å². The number of rotatable bonds is 4. The Kier molecular flexibility index (Phi) is 5.83. The molecule has 22 heavy (non-hydrogen) atoms. The van der Waals surface area contributed by atoms with Crippen LogP contribution in [0.4, 0.5) is 0 Å². The van der Waals surface area contributed by atoms with Crippen LogP contribution in [-0.4, -0.2) is 53.7 Å². The van der Waals surface area contributed by atoms with Gasteiger partial charge in [0.2, 0.25) is 5.91 Å². The minimum atomic E-state index is 0.0518. The highest BCUT2D eigenvalue weighted by Gasteiger charge is 2.24. The highest BCUT2D eigenvalue weighted by molar-refractivity contribution is 6.17. The van der Waals surface area contributed by atoms with Crippen LogP contribution in [0.5, 0.6) is 0 Å². The van der Waals surface area contributed by atoms with Crippen molar-refractivity contribution >= 4 is 23.4 Å². The monoisotopic (exact) mass is 322 g/mol. The van der Waals surface area contributed by atoms with Crippen LogP contribution in [-0.2, 0) is 4.79 Å². The Labute approximate surface area is 137 Å². The Bertz CT molecular complexity index is 552. The number of hydrogen-bond acceptors (Lipinski definition) is 2. The fourth-order valence-electron chi connectivity index (χ4n) is 2.59. The molecule has 0 unspecified atom stereocenters. The minimum absolute atomic E-state index is 0.0518. The summed E-state index contributed by atoms with van der Waals surface area (Å²) >= 11 is 5.62. The summed E-state index contributed by atoms with van der Waals surface area (Å²) in [5.41, 5.74) is 3.04. The summed E-state index contributed by atoms with van der Waals surface area (Å²) in [6, 6.07) is 5.80. The van der Waals surface area contributed by atoms with E-state index in [1.807, 2.05) is 41.8 Å². The molecule has 0 saturated carbocycles. The van der Waals surface area contributed by atoms with Gasteiger partial charge in [0, 0.05) is 44.0 Å². The lowest BCUT2D eigenvalue weighted by Gasteiger charge is -2.35. The maximum atomic E-state index is 12.5. The maximum absolute atomic E-state index is 12.5. The number of hydrogen-bond donors (Lipinski definition) is 0. The molecule has 0 bridgehead atoms. The van der Waals surface area contributed by atoms with Crippen molar-refractivity contribution in [1.82, 2.24) is 9.80 Å². The van der Waals surface area contributed by atoms with Gasteiger partial charge in [-0.1, -0.05) is 6.07 Å². The topological polar surface area (TPSA) is 40.6 Å². The first-order valence-electron chi connectivity index (χ1n) is 7.73. The lowest BCUT2D eigenvalue weighted by Crippen LogP contribution is -2.50. The molecule has 2 amide bonds. The SMILES string of the molecule is Cc1ccc(C(=O)N2CCN(C(=O)CCCCl)CC2)cc1C. The Balaban J connectivity index is 1.92. The average molecular weight is 323 g/mol. The molecule has 1 aliphatic rings. The van der Waals surface area contributed by atoms with E-state index in [1.54, 1.807) is 0 Å². The number of nitrogens with zero attached hydrogens (tertiary/aromatic N) is 2. The second-order valence-corrected chi connectivity index (χ2v) is 6.14. The number of alkyl halides is 1. The van der Waals surface area contributed by atoms with E-state index in [0.717, 1.165) is 11.1 Å². The Morgan fingerprint density at radius 3 is 2.27 bits per heavy atom. The minimum Gasteiger partial charge on any atom is -0.339 e. The number of amides is 2. The van der Waals surface area contributed by atoms with Gasteiger partial charge in [0.05, 0.1) is 0 Å². The van der Waals surface area contributed by atoms with Crippen molar-refractivity contribution < 1.29 is 9.59 Å². The van der Waals surface area contributed by atoms with Gasteiger partial charge in [0.15, 0.2) is 0 Å². The summed E-state index contributed by atoms with van der Waals surface area (Å²) in [7, 11) is 0. The van der Waals surface area contributed by atoms with Crippen LogP contribution in [0.1, 0.15) is 34.3 Å². The third-order valence-electron chi connectivity index (χ3n) is 4.20. The number of carbonyl (C=O) groups excluding carboxylic acids is 2. The lowest BCUT2D eigenvalue weighted by molar-refractivity contribution is -0.132. The second kappa shape index (κ2) is 7.63. The van der Waals surface area contributed by atoms with Crippen LogP contribution in [0.3, 0.4) is 0 Å². The molecular formula is C17H23ClN2O2. The number of benzene rings is 1. The third-order valence-corrected chi connectivity index (χ3v) is 4.46. The van der Waals surface area contributed by atoms with E-state index < -0.39 is 0 Å². The normalized spacial score (nSPS) is 15.0. The number of halogens is 1. The van der Waals surface area contributed by atoms with E-state index in [1.165, 1.54) is 5.56 Å². The van der Waals surface area contributed by atoms with Gasteiger partial charge in [-0.3, -0.25) is 9.59 Å². The van der Waals surface area contributed by atoms with Crippen LogP contribution in [0, 0.1) is 13.8 Å². The molecule has 0 atom stereocenters. The van der Waals surface area contributed by atoms with E-state index >= 15 is 0 Å². The fourth-order valence-corrected chi connectivity index (χ4v) is 2.73. The van der Waals surface area contributed by atoms with Gasteiger partial charge >= 0.3 is 0 Å². The highest BCUT2D eigenvalue weighted by Crippen LogP contribution is 2.14. The summed E-state index contributed by atoms with van der Waals surface area (Å²) in [6.45, 7) is 6.46. The molecule has 4 nitrogen and oxygen atoms in total. The first-order valence-corrected chi connectivity index (χ1v) is 8.26. The molecular weight excluding hydrogens is 300 g/mol. The van der Waals surface area contributed by atoms with E-state index in [0.29, 0.717) is 44.9 Å². The molecule has 1 aliphatic heterocycles. The summed E-state index contributed by atoms with van der Waals surface area (Å²) in [5, 5.41) is 0. The Morgan fingerprint density at radius 1 is 1.05 bits per heavy atom. The summed E-state index contributed by atoms with van der Waals surface area (Å²) in [4.78, 5) is 28.1. The van der Waals surface area contributed by atoms with Crippen molar-refractivity contribution in [2.45, 2.75) is 26.7 Å². The van der Waals surface area contributed by atoms with E-state index in [9.17, 15) is 9.59 Å². The third kappa shape index (κ3) is 4.01. The molecule has 1 saturated heterocycles. The fraction of sp³-hybridized carbons (Fsp3) is 0.529. The quantitative estimate of drug-likeness (QED) is 0.799. The number of aryl methyl sites for hydroxylation is 2. The molecule has 0 radical (unpaired) electrons. The van der Waals surface area contributed by atoms with Crippen LogP contribution >= 0.6 is 11.6 Å². The Hall–Kier alpha value is -1.55. The van der Waals surface area contributed by atoms with Gasteiger partial charge in [-0.05, 0) is 43.5 Å². The van der Waals surface area contributed by atoms with Gasteiger partial charge < -0.3 is 9.80 Å². The van der Waals surface area contributed by atoms with Gasteiger partial charge in [-0.2, -0.15) is 0 Å². The lowest BCUT2D eigenvalue weighted by atomic mass is 10.1. The number of piperazine rings is 1. The maximum Gasteiger partial charge on any atom is 0.253 e. The van der Waals surface area contributed by atoms with E-state index in [-0.39, 0.29) is 11.8 Å². The first kappa shape index (κ1) is 16.8. The molecule has 0 aliphatic carbocycles. The number of carbonyl (C=O) groups is 2. The Morgan fingerprint density at radius 2 is 1.68 bits per heavy atom. The van der Waals surface area contributed by atoms with Gasteiger partial charge in [0.1, 0.15) is 0 Å². The van der Waals surface area contributed by atoms with Crippen molar-refractivity contribution in [3.05, 3.63) is 34.9 Å². The molecule has 0 aromatic heterocycles. The van der Waals surface area contributed by atoms with E-state index in [4.69, 9.17) is 11.6 Å². The predicted molar refractivity (Wildman–Crippen MR) is 88.4 cm³/mol. The molecule has 2 rings (SSSR count). The summed E-state index contributed by atoms with van der Waals surface area (Å²) < 4.78 is 0. The van der Waals surface area contributed by atoms with E-state index in [2.05, 4.69) is 0 Å². The van der Waals surface area contributed by atoms with Crippen molar-refractivity contribution in [3.8, 4) is 0 Å². The average Bonchev–Trinajstić information content (AvgIpc) is 2.54. The predicted octanol–water partition coefficient (Wildman–Crippen LogP) is 2.61.